The van der Waals surface area contributed by atoms with Crippen molar-refractivity contribution in [3.8, 4) is 0 Å². The van der Waals surface area contributed by atoms with E-state index < -0.39 is 0 Å². The van der Waals surface area contributed by atoms with Crippen LogP contribution in [0, 0.1) is 0 Å². The van der Waals surface area contributed by atoms with Crippen LogP contribution in [0.25, 0.3) is 0 Å². The van der Waals surface area contributed by atoms with Crippen LogP contribution in [0.1, 0.15) is 5.56 Å². The van der Waals surface area contributed by atoms with Crippen molar-refractivity contribution in [3.63, 3.8) is 0 Å². The first-order valence-electron chi connectivity index (χ1n) is 4.42. The second kappa shape index (κ2) is 43.6. The van der Waals surface area contributed by atoms with Gasteiger partial charge >= 0.3 is 68.2 Å². The second-order valence-corrected chi connectivity index (χ2v) is 2.44. The van der Waals surface area contributed by atoms with E-state index >= 15 is 0 Å². The summed E-state index contributed by atoms with van der Waals surface area (Å²) in [6.45, 7) is 10.0. The van der Waals surface area contributed by atoms with E-state index in [-0.39, 0.29) is 0 Å². The molecule has 0 fully saturated rings. The fourth-order valence-corrected chi connectivity index (χ4v) is 0.905. The van der Waals surface area contributed by atoms with E-state index in [1.807, 2.05) is 64.3 Å². The van der Waals surface area contributed by atoms with E-state index in [9.17, 15) is 0 Å². The van der Waals surface area contributed by atoms with Crippen LogP contribution in [0.5, 0.6) is 0 Å². The molecule has 7 heteroatoms. The third-order valence-electron chi connectivity index (χ3n) is 1.19. The van der Waals surface area contributed by atoms with Crippen LogP contribution in [0.3, 0.4) is 0 Å². The van der Waals surface area contributed by atoms with E-state index in [1.165, 1.54) is 0 Å². The zero-order valence-electron chi connectivity index (χ0n) is 11.3. The fourth-order valence-electron chi connectivity index (χ4n) is 0.692. The Hall–Kier alpha value is -2.07. The van der Waals surface area contributed by atoms with Crippen LogP contribution >= 0.6 is 0 Å². The van der Waals surface area contributed by atoms with Crippen LogP contribution in [0.2, 0.25) is 0 Å². The standard InChI is InChI=1S/C8H8O.5CH2O.Cr/c1-9-7-8-5-3-2-4-6-8;5*1-2;/h2-6H,1H3;5*1H2;. The van der Waals surface area contributed by atoms with Gasteiger partial charge in [0.1, 0.15) is 33.9 Å². The van der Waals surface area contributed by atoms with Crippen molar-refractivity contribution in [3.05, 3.63) is 35.9 Å². The number of rotatable bonds is 2. The van der Waals surface area contributed by atoms with Crippen LogP contribution in [0.15, 0.2) is 30.3 Å². The molecule has 0 radical (unpaired) electrons. The zero-order chi connectivity index (χ0) is 17.4. The Balaban J connectivity index is -0.0000000639. The van der Waals surface area contributed by atoms with E-state index in [1.54, 1.807) is 7.11 Å². The Morgan fingerprint density at radius 2 is 1.10 bits per heavy atom. The number of carbonyl (C=O) groups excluding carboxylic acids is 5. The van der Waals surface area contributed by atoms with Gasteiger partial charge in [-0.3, -0.25) is 0 Å². The van der Waals surface area contributed by atoms with E-state index in [2.05, 4.69) is 15.9 Å². The summed E-state index contributed by atoms with van der Waals surface area (Å²) in [7, 11) is 1.65. The maximum absolute atomic E-state index is 8.00. The Morgan fingerprint density at radius 3 is 1.35 bits per heavy atom. The van der Waals surface area contributed by atoms with Crippen LogP contribution in [-0.4, -0.2) is 45.6 Å². The molecule has 0 aliphatic carbocycles. The second-order valence-electron chi connectivity index (χ2n) is 1.86. The molecule has 20 heavy (non-hydrogen) atoms. The molecule has 0 saturated carbocycles. The first-order chi connectivity index (χ1) is 9.84. The summed E-state index contributed by atoms with van der Waals surface area (Å²) in [6.07, 6.45) is 0. The molecule has 0 bridgehead atoms. The molecule has 1 aromatic rings. The monoisotopic (exact) mass is 322 g/mol. The van der Waals surface area contributed by atoms with E-state index in [4.69, 9.17) is 28.7 Å². The Labute approximate surface area is 126 Å². The molecular weight excluding hydrogens is 304 g/mol. The molecular formula is C13H18CrO6. The molecule has 0 saturated heterocycles. The van der Waals surface area contributed by atoms with Crippen molar-refractivity contribution < 1.29 is 44.6 Å². The Morgan fingerprint density at radius 1 is 0.800 bits per heavy atom. The molecule has 0 amide bonds. The number of benzene rings is 1. The quantitative estimate of drug-likeness (QED) is 0.784. The minimum atomic E-state index is 0.834. The molecule has 0 atom stereocenters. The van der Waals surface area contributed by atoms with Gasteiger partial charge in [0.25, 0.3) is 0 Å². The number of hydrogen-bond donors (Lipinski definition) is 0. The van der Waals surface area contributed by atoms with Crippen LogP contribution in [0.4, 0.5) is 0 Å². The molecule has 0 unspecified atom stereocenters. The van der Waals surface area contributed by atoms with Gasteiger partial charge in [-0.1, -0.05) is 0 Å². The normalized spacial score (nSPS) is 5.65. The average Bonchev–Trinajstić information content (AvgIpc) is 2.63. The van der Waals surface area contributed by atoms with Gasteiger partial charge in [0.2, 0.25) is 0 Å². The fraction of sp³-hybridized carbons (Fsp3) is 0.0769. The van der Waals surface area contributed by atoms with Crippen molar-refractivity contribution >= 4 is 38.5 Å². The van der Waals surface area contributed by atoms with Gasteiger partial charge in [-0.2, -0.15) is 0 Å². The number of ether oxygens (including phenoxy) is 1. The predicted octanol–water partition coefficient (Wildman–Crippen LogP) is 0.433. The molecule has 6 nitrogen and oxygen atoms in total. The van der Waals surface area contributed by atoms with Gasteiger partial charge in [-0.25, -0.2) is 0 Å². The van der Waals surface area contributed by atoms with Crippen LogP contribution < -0.4 is 0 Å². The molecule has 112 valence electrons. The summed E-state index contributed by atoms with van der Waals surface area (Å²) < 4.78 is 5.83. The summed E-state index contributed by atoms with van der Waals surface area (Å²) >= 11 is 2.84. The Bertz CT molecular complexity index is 283. The Kier molecular flexibility index (Phi) is 67.0. The summed E-state index contributed by atoms with van der Waals surface area (Å²) in [5.74, 6) is 0. The number of carbonyl (C=O) groups is 5. The van der Waals surface area contributed by atoms with Gasteiger partial charge in [-0.05, 0) is 0 Å². The first-order valence-corrected chi connectivity index (χ1v) is 5.06. The predicted molar refractivity (Wildman–Crippen MR) is 73.2 cm³/mol. The van der Waals surface area contributed by atoms with Crippen molar-refractivity contribution in [1.29, 1.82) is 0 Å². The molecule has 0 aromatic heterocycles. The van der Waals surface area contributed by atoms with Gasteiger partial charge in [-0.15, -0.1) is 0 Å². The van der Waals surface area contributed by atoms with Crippen molar-refractivity contribution in [2.45, 2.75) is 0 Å². The third-order valence-corrected chi connectivity index (χ3v) is 1.82. The molecule has 0 N–H and O–H groups in total. The summed E-state index contributed by atoms with van der Waals surface area (Å²) in [5, 5.41) is 0. The summed E-state index contributed by atoms with van der Waals surface area (Å²) in [5.41, 5.74) is 1.09. The first kappa shape index (κ1) is 30.7. The molecule has 1 aromatic carbocycles. The van der Waals surface area contributed by atoms with Gasteiger partial charge in [0, 0.05) is 0 Å². The van der Waals surface area contributed by atoms with Gasteiger partial charge < -0.3 is 24.0 Å². The average molecular weight is 322 g/mol. The molecule has 0 aliphatic heterocycles. The number of hydrogen-bond acceptors (Lipinski definition) is 6. The zero-order valence-corrected chi connectivity index (χ0v) is 12.6. The SMILES string of the molecule is C=O.C=O.C=O.C=O.C=O.CO[C](=[Cr])c1ccccc1. The molecule has 0 aliphatic rings. The molecule has 0 spiro atoms. The summed E-state index contributed by atoms with van der Waals surface area (Å²) in [4.78, 5) is 40.0. The number of methoxy groups -OCH3 is 1. The van der Waals surface area contributed by atoms with Crippen molar-refractivity contribution in [2.24, 2.45) is 0 Å². The van der Waals surface area contributed by atoms with E-state index in [0.29, 0.717) is 0 Å². The van der Waals surface area contributed by atoms with Gasteiger partial charge in [0.05, 0.1) is 0 Å². The topological polar surface area (TPSA) is 94.6 Å². The summed E-state index contributed by atoms with van der Waals surface area (Å²) in [6, 6.07) is 9.93. The molecule has 1 rings (SSSR count). The minimum absolute atomic E-state index is 0.834. The van der Waals surface area contributed by atoms with Crippen LogP contribution in [-0.2, 0) is 44.6 Å². The van der Waals surface area contributed by atoms with E-state index in [0.717, 1.165) is 10.1 Å². The maximum atomic E-state index is 8.00. The third kappa shape index (κ3) is 25.0. The molecule has 0 heterocycles. The van der Waals surface area contributed by atoms with Crippen molar-refractivity contribution in [1.82, 2.24) is 0 Å². The van der Waals surface area contributed by atoms with Gasteiger partial charge in [0.15, 0.2) is 0 Å². The van der Waals surface area contributed by atoms with Crippen molar-refractivity contribution in [2.75, 3.05) is 7.11 Å².